The van der Waals surface area contributed by atoms with E-state index in [0.717, 1.165) is 6.07 Å². The highest BCUT2D eigenvalue weighted by atomic mass is 16.6. The van der Waals surface area contributed by atoms with Crippen LogP contribution in [0.4, 0.5) is 5.69 Å². The number of nitro benzene ring substituents is 1. The van der Waals surface area contributed by atoms with Crippen LogP contribution in [-0.4, -0.2) is 29.6 Å². The van der Waals surface area contributed by atoms with E-state index in [0.29, 0.717) is 6.54 Å². The Morgan fingerprint density at radius 1 is 1.59 bits per heavy atom. The lowest BCUT2D eigenvalue weighted by Gasteiger charge is -1.97. The second kappa shape index (κ2) is 5.63. The molecule has 0 atom stereocenters. The second-order valence-corrected chi connectivity index (χ2v) is 3.13. The molecular weight excluding hydrogens is 224 g/mol. The number of carboxylic acids is 1. The van der Waals surface area contributed by atoms with Crippen LogP contribution in [-0.2, 0) is 0 Å². The number of rotatable bonds is 3. The summed E-state index contributed by atoms with van der Waals surface area (Å²) in [6, 6.07) is 3.63. The lowest BCUT2D eigenvalue weighted by atomic mass is 10.1. The molecule has 0 saturated heterocycles. The zero-order valence-electron chi connectivity index (χ0n) is 9.06. The molecule has 0 aliphatic carbocycles. The first kappa shape index (κ1) is 12.7. The number of carbonyl (C=O) groups is 1. The fourth-order valence-electron chi connectivity index (χ4n) is 1.15. The van der Waals surface area contributed by atoms with Crippen LogP contribution in [0.2, 0.25) is 0 Å². The van der Waals surface area contributed by atoms with Crippen molar-refractivity contribution in [2.24, 2.45) is 0 Å². The Bertz CT molecular complexity index is 514. The zero-order valence-corrected chi connectivity index (χ0v) is 9.06. The molecule has 1 rings (SSSR count). The van der Waals surface area contributed by atoms with E-state index >= 15 is 0 Å². The summed E-state index contributed by atoms with van der Waals surface area (Å²) in [5.41, 5.74) is -0.223. The van der Waals surface area contributed by atoms with E-state index in [2.05, 4.69) is 17.2 Å². The summed E-state index contributed by atoms with van der Waals surface area (Å²) in [6.07, 6.45) is 0. The van der Waals surface area contributed by atoms with E-state index in [4.69, 9.17) is 5.11 Å². The van der Waals surface area contributed by atoms with Gasteiger partial charge in [0.2, 0.25) is 0 Å². The summed E-state index contributed by atoms with van der Waals surface area (Å²) in [5, 5.41) is 22.3. The minimum atomic E-state index is -1.21. The van der Waals surface area contributed by atoms with Gasteiger partial charge in [0.25, 0.3) is 5.69 Å². The Labute approximate surface area is 97.4 Å². The Hall–Kier alpha value is -2.39. The highest BCUT2D eigenvalue weighted by Gasteiger charge is 2.15. The monoisotopic (exact) mass is 234 g/mol. The van der Waals surface area contributed by atoms with E-state index in [-0.39, 0.29) is 16.8 Å². The number of nitrogens with one attached hydrogen (secondary N) is 1. The number of nitrogens with zero attached hydrogens (tertiary/aromatic N) is 1. The minimum absolute atomic E-state index is 0.129. The number of aromatic carboxylic acids is 1. The predicted octanol–water partition coefficient (Wildman–Crippen LogP) is 0.864. The molecule has 0 saturated carbocycles. The zero-order chi connectivity index (χ0) is 12.8. The van der Waals surface area contributed by atoms with Crippen molar-refractivity contribution >= 4 is 11.7 Å². The molecular formula is C11H10N2O4. The molecule has 0 bridgehead atoms. The molecule has 6 heteroatoms. The first-order valence-electron chi connectivity index (χ1n) is 4.71. The second-order valence-electron chi connectivity index (χ2n) is 3.13. The summed E-state index contributed by atoms with van der Waals surface area (Å²) >= 11 is 0. The SMILES string of the molecule is CNCC#Cc1ccc(C(=O)O)cc1[N+](=O)[O-]. The van der Waals surface area contributed by atoms with Crippen LogP contribution in [0, 0.1) is 22.0 Å². The molecule has 0 fully saturated rings. The average Bonchev–Trinajstić information content (AvgIpc) is 2.29. The summed E-state index contributed by atoms with van der Waals surface area (Å²) in [4.78, 5) is 20.8. The Balaban J connectivity index is 3.19. The number of carboxylic acid groups (broad SMARTS) is 1. The van der Waals surface area contributed by atoms with Gasteiger partial charge in [-0.15, -0.1) is 0 Å². The van der Waals surface area contributed by atoms with Crippen LogP contribution in [0.15, 0.2) is 18.2 Å². The van der Waals surface area contributed by atoms with Gasteiger partial charge in [0.1, 0.15) is 5.56 Å². The maximum absolute atomic E-state index is 10.8. The van der Waals surface area contributed by atoms with Crippen LogP contribution in [0.1, 0.15) is 15.9 Å². The minimum Gasteiger partial charge on any atom is -0.478 e. The lowest BCUT2D eigenvalue weighted by Crippen LogP contribution is -2.04. The summed E-state index contributed by atoms with van der Waals surface area (Å²) < 4.78 is 0. The molecule has 0 unspecified atom stereocenters. The van der Waals surface area contributed by atoms with Crippen LogP contribution in [0.3, 0.4) is 0 Å². The van der Waals surface area contributed by atoms with Gasteiger partial charge in [0, 0.05) is 6.07 Å². The van der Waals surface area contributed by atoms with Crippen molar-refractivity contribution in [3.8, 4) is 11.8 Å². The summed E-state index contributed by atoms with van der Waals surface area (Å²) in [7, 11) is 1.70. The number of hydrogen-bond acceptors (Lipinski definition) is 4. The third-order valence-electron chi connectivity index (χ3n) is 1.93. The van der Waals surface area contributed by atoms with Gasteiger partial charge >= 0.3 is 5.97 Å². The van der Waals surface area contributed by atoms with Gasteiger partial charge in [-0.05, 0) is 19.2 Å². The molecule has 1 aromatic rings. The van der Waals surface area contributed by atoms with Crippen molar-refractivity contribution in [1.82, 2.24) is 5.32 Å². The van der Waals surface area contributed by atoms with E-state index in [1.807, 2.05) is 0 Å². The Morgan fingerprint density at radius 2 is 2.29 bits per heavy atom. The first-order valence-corrected chi connectivity index (χ1v) is 4.71. The van der Waals surface area contributed by atoms with Crippen LogP contribution in [0.25, 0.3) is 0 Å². The highest BCUT2D eigenvalue weighted by molar-refractivity contribution is 5.88. The molecule has 0 aliphatic rings. The van der Waals surface area contributed by atoms with E-state index in [9.17, 15) is 14.9 Å². The highest BCUT2D eigenvalue weighted by Crippen LogP contribution is 2.19. The van der Waals surface area contributed by atoms with E-state index in [1.54, 1.807) is 7.05 Å². The smallest absolute Gasteiger partial charge is 0.335 e. The topological polar surface area (TPSA) is 92.5 Å². The molecule has 88 valence electrons. The van der Waals surface area contributed by atoms with Gasteiger partial charge in [0.05, 0.1) is 17.0 Å². The maximum atomic E-state index is 10.8. The molecule has 17 heavy (non-hydrogen) atoms. The van der Waals surface area contributed by atoms with Crippen molar-refractivity contribution in [3.63, 3.8) is 0 Å². The molecule has 0 aliphatic heterocycles. The lowest BCUT2D eigenvalue weighted by molar-refractivity contribution is -0.385. The van der Waals surface area contributed by atoms with Crippen molar-refractivity contribution in [1.29, 1.82) is 0 Å². The normalized spacial score (nSPS) is 9.24. The van der Waals surface area contributed by atoms with Crippen LogP contribution in [0.5, 0.6) is 0 Å². The third-order valence-corrected chi connectivity index (χ3v) is 1.93. The van der Waals surface area contributed by atoms with Crippen molar-refractivity contribution in [2.75, 3.05) is 13.6 Å². The quantitative estimate of drug-likeness (QED) is 0.459. The Morgan fingerprint density at radius 3 is 2.82 bits per heavy atom. The first-order chi connectivity index (χ1) is 8.06. The van der Waals surface area contributed by atoms with Crippen molar-refractivity contribution in [2.45, 2.75) is 0 Å². The summed E-state index contributed by atoms with van der Waals surface area (Å²) in [5.74, 6) is 4.09. The van der Waals surface area contributed by atoms with Gasteiger partial charge < -0.3 is 10.4 Å². The molecule has 0 spiro atoms. The summed E-state index contributed by atoms with van der Waals surface area (Å²) in [6.45, 7) is 0.401. The maximum Gasteiger partial charge on any atom is 0.335 e. The third kappa shape index (κ3) is 3.29. The Kier molecular flexibility index (Phi) is 4.20. The van der Waals surface area contributed by atoms with Gasteiger partial charge in [0.15, 0.2) is 0 Å². The van der Waals surface area contributed by atoms with Crippen molar-refractivity contribution in [3.05, 3.63) is 39.4 Å². The molecule has 0 radical (unpaired) electrons. The van der Waals surface area contributed by atoms with Crippen LogP contribution < -0.4 is 5.32 Å². The fourth-order valence-corrected chi connectivity index (χ4v) is 1.15. The predicted molar refractivity (Wildman–Crippen MR) is 60.9 cm³/mol. The average molecular weight is 234 g/mol. The van der Waals surface area contributed by atoms with Gasteiger partial charge in [-0.25, -0.2) is 4.79 Å². The molecule has 0 heterocycles. The molecule has 1 aromatic carbocycles. The molecule has 0 aromatic heterocycles. The number of nitro groups is 1. The van der Waals surface area contributed by atoms with Gasteiger partial charge in [-0.1, -0.05) is 11.8 Å². The van der Waals surface area contributed by atoms with Crippen molar-refractivity contribution < 1.29 is 14.8 Å². The largest absolute Gasteiger partial charge is 0.478 e. The van der Waals surface area contributed by atoms with Gasteiger partial charge in [-0.3, -0.25) is 10.1 Å². The van der Waals surface area contributed by atoms with Crippen LogP contribution >= 0.6 is 0 Å². The standard InChI is InChI=1S/C11H10N2O4/c1-12-6-2-3-8-4-5-9(11(14)15)7-10(8)13(16)17/h4-5,7,12H,6H2,1H3,(H,14,15). The number of benzene rings is 1. The molecule has 6 nitrogen and oxygen atoms in total. The molecule has 2 N–H and O–H groups in total. The fraction of sp³-hybridized carbons (Fsp3) is 0.182. The number of hydrogen-bond donors (Lipinski definition) is 2. The van der Waals surface area contributed by atoms with E-state index < -0.39 is 10.9 Å². The molecule has 0 amide bonds. The van der Waals surface area contributed by atoms with Gasteiger partial charge in [-0.2, -0.15) is 0 Å². The van der Waals surface area contributed by atoms with E-state index in [1.165, 1.54) is 12.1 Å².